The number of hydrogen-bond acceptors (Lipinski definition) is 6. The molecule has 8 heteroatoms. The number of aromatic nitrogens is 6. The molecule has 0 spiro atoms. The molecule has 0 aliphatic carbocycles. The Morgan fingerprint density at radius 2 is 2.05 bits per heavy atom. The van der Waals surface area contributed by atoms with Gasteiger partial charge in [0.2, 0.25) is 4.96 Å². The molecular weight excluding hydrogens is 316 g/mol. The van der Waals surface area contributed by atoms with E-state index in [1.165, 1.54) is 0 Å². The molecule has 0 saturated carbocycles. The van der Waals surface area contributed by atoms with Gasteiger partial charge in [-0.05, 0) is 32.2 Å². The van der Waals surface area contributed by atoms with E-state index in [1.54, 1.807) is 22.7 Å². The summed E-state index contributed by atoms with van der Waals surface area (Å²) in [6.07, 6.45) is 0. The Balaban J connectivity index is 1.89. The van der Waals surface area contributed by atoms with Gasteiger partial charge in [-0.15, -0.1) is 21.5 Å². The van der Waals surface area contributed by atoms with Crippen molar-refractivity contribution in [3.05, 3.63) is 28.9 Å². The minimum Gasteiger partial charge on any atom is -0.269 e. The average molecular weight is 330 g/mol. The van der Waals surface area contributed by atoms with E-state index in [2.05, 4.69) is 29.1 Å². The highest BCUT2D eigenvalue weighted by molar-refractivity contribution is 7.20. The molecule has 4 heterocycles. The van der Waals surface area contributed by atoms with E-state index in [0.717, 1.165) is 44.2 Å². The summed E-state index contributed by atoms with van der Waals surface area (Å²) in [7, 11) is 0. The van der Waals surface area contributed by atoms with Crippen LogP contribution in [-0.2, 0) is 6.54 Å². The average Bonchev–Trinajstić information content (AvgIpc) is 3.21. The van der Waals surface area contributed by atoms with E-state index in [4.69, 9.17) is 5.10 Å². The highest BCUT2D eigenvalue weighted by atomic mass is 32.1. The second kappa shape index (κ2) is 4.99. The quantitative estimate of drug-likeness (QED) is 0.577. The molecule has 22 heavy (non-hydrogen) atoms. The van der Waals surface area contributed by atoms with Gasteiger partial charge in [0.25, 0.3) is 0 Å². The fourth-order valence-corrected chi connectivity index (χ4v) is 4.27. The van der Waals surface area contributed by atoms with Crippen LogP contribution in [0.4, 0.5) is 0 Å². The smallest absolute Gasteiger partial charge is 0.235 e. The highest BCUT2D eigenvalue weighted by Crippen LogP contribution is 2.32. The summed E-state index contributed by atoms with van der Waals surface area (Å²) in [5.74, 6) is 0.797. The second-order valence-electron chi connectivity index (χ2n) is 4.96. The van der Waals surface area contributed by atoms with Crippen LogP contribution in [0.1, 0.15) is 18.3 Å². The van der Waals surface area contributed by atoms with Crippen LogP contribution in [0.3, 0.4) is 0 Å². The Labute approximate surface area is 135 Å². The molecule has 0 unspecified atom stereocenters. The summed E-state index contributed by atoms with van der Waals surface area (Å²) in [6.45, 7) is 7.06. The lowest BCUT2D eigenvalue weighted by molar-refractivity contribution is 0.634. The maximum atomic E-state index is 4.73. The number of rotatable bonds is 3. The van der Waals surface area contributed by atoms with E-state index in [-0.39, 0.29) is 0 Å². The topological polar surface area (TPSA) is 60.9 Å². The Hall–Kier alpha value is -2.06. The van der Waals surface area contributed by atoms with Gasteiger partial charge < -0.3 is 0 Å². The van der Waals surface area contributed by atoms with Crippen molar-refractivity contribution in [2.45, 2.75) is 27.3 Å². The van der Waals surface area contributed by atoms with Crippen LogP contribution in [0.25, 0.3) is 26.2 Å². The zero-order valence-corrected chi connectivity index (χ0v) is 14.1. The Morgan fingerprint density at radius 3 is 2.73 bits per heavy atom. The maximum absolute atomic E-state index is 4.73. The second-order valence-corrected chi connectivity index (χ2v) is 6.87. The van der Waals surface area contributed by atoms with E-state index in [9.17, 15) is 0 Å². The molecule has 0 aromatic carbocycles. The van der Waals surface area contributed by atoms with Crippen LogP contribution >= 0.6 is 22.7 Å². The lowest BCUT2D eigenvalue weighted by Gasteiger charge is -1.99. The van der Waals surface area contributed by atoms with Crippen molar-refractivity contribution >= 4 is 27.6 Å². The largest absolute Gasteiger partial charge is 0.269 e. The maximum Gasteiger partial charge on any atom is 0.235 e. The third kappa shape index (κ3) is 1.91. The number of fused-ring (bicyclic) bond motifs is 1. The van der Waals surface area contributed by atoms with Gasteiger partial charge in [-0.1, -0.05) is 17.4 Å². The van der Waals surface area contributed by atoms with Gasteiger partial charge in [-0.2, -0.15) is 14.7 Å². The number of nitrogens with zero attached hydrogens (tertiary/aromatic N) is 6. The number of thiophene rings is 1. The first-order chi connectivity index (χ1) is 10.7. The van der Waals surface area contributed by atoms with E-state index in [1.807, 2.05) is 33.6 Å². The molecule has 6 nitrogen and oxygen atoms in total. The fraction of sp³-hybridized carbons (Fsp3) is 0.286. The Morgan fingerprint density at radius 1 is 1.18 bits per heavy atom. The van der Waals surface area contributed by atoms with Crippen molar-refractivity contribution in [2.75, 3.05) is 0 Å². The standard InChI is InChI=1S/C14H14N6S2/c1-4-19-9(3)11(8(2)17-19)13-18-20-12(10-6-5-7-21-10)15-16-14(20)22-13/h5-7H,4H2,1-3H3. The first-order valence-corrected chi connectivity index (χ1v) is 8.69. The minimum absolute atomic E-state index is 0.797. The summed E-state index contributed by atoms with van der Waals surface area (Å²) in [6, 6.07) is 4.04. The third-order valence-corrected chi connectivity index (χ3v) is 5.41. The molecule has 0 aliphatic rings. The molecule has 0 atom stereocenters. The van der Waals surface area contributed by atoms with Crippen LogP contribution in [0.2, 0.25) is 0 Å². The van der Waals surface area contributed by atoms with Gasteiger partial charge in [0, 0.05) is 12.2 Å². The minimum atomic E-state index is 0.797. The number of hydrogen-bond donors (Lipinski definition) is 0. The fourth-order valence-electron chi connectivity index (χ4n) is 2.59. The summed E-state index contributed by atoms with van der Waals surface area (Å²) in [5.41, 5.74) is 3.25. The van der Waals surface area contributed by atoms with Crippen LogP contribution in [0.15, 0.2) is 17.5 Å². The SMILES string of the molecule is CCn1nc(C)c(-c2nn3c(-c4cccs4)nnc3s2)c1C. The van der Waals surface area contributed by atoms with Crippen LogP contribution in [-0.4, -0.2) is 29.6 Å². The first-order valence-electron chi connectivity index (χ1n) is 6.99. The molecular formula is C14H14N6S2. The molecule has 0 bridgehead atoms. The summed E-state index contributed by atoms with van der Waals surface area (Å²) >= 11 is 3.19. The van der Waals surface area contributed by atoms with E-state index < -0.39 is 0 Å². The molecule has 0 amide bonds. The highest BCUT2D eigenvalue weighted by Gasteiger charge is 2.20. The zero-order chi connectivity index (χ0) is 15.3. The molecule has 0 aliphatic heterocycles. The molecule has 0 N–H and O–H groups in total. The Bertz CT molecular complexity index is 944. The molecule has 112 valence electrons. The molecule has 0 radical (unpaired) electrons. The van der Waals surface area contributed by atoms with Gasteiger partial charge in [0.1, 0.15) is 0 Å². The molecule has 4 aromatic heterocycles. The van der Waals surface area contributed by atoms with Crippen molar-refractivity contribution in [1.82, 2.24) is 29.6 Å². The summed E-state index contributed by atoms with van der Waals surface area (Å²) in [4.78, 5) is 1.88. The molecule has 4 rings (SSSR count). The Kier molecular flexibility index (Phi) is 3.08. The third-order valence-electron chi connectivity index (χ3n) is 3.63. The normalized spacial score (nSPS) is 11.6. The molecule has 0 fully saturated rings. The van der Waals surface area contributed by atoms with Crippen molar-refractivity contribution in [3.63, 3.8) is 0 Å². The summed E-state index contributed by atoms with van der Waals surface area (Å²) < 4.78 is 3.83. The monoisotopic (exact) mass is 330 g/mol. The zero-order valence-electron chi connectivity index (χ0n) is 12.4. The predicted molar refractivity (Wildman–Crippen MR) is 88.3 cm³/mol. The van der Waals surface area contributed by atoms with Gasteiger partial charge in [0.15, 0.2) is 10.8 Å². The van der Waals surface area contributed by atoms with Crippen molar-refractivity contribution < 1.29 is 0 Å². The van der Waals surface area contributed by atoms with Gasteiger partial charge >= 0.3 is 0 Å². The van der Waals surface area contributed by atoms with Crippen LogP contribution in [0, 0.1) is 13.8 Å². The predicted octanol–water partition coefficient (Wildman–Crippen LogP) is 3.41. The van der Waals surface area contributed by atoms with Crippen LogP contribution < -0.4 is 0 Å². The lowest BCUT2D eigenvalue weighted by Crippen LogP contribution is -1.98. The van der Waals surface area contributed by atoms with Gasteiger partial charge in [-0.25, -0.2) is 0 Å². The first kappa shape index (κ1) is 13.6. The van der Waals surface area contributed by atoms with E-state index >= 15 is 0 Å². The molecule has 0 saturated heterocycles. The van der Waals surface area contributed by atoms with Crippen molar-refractivity contribution in [2.24, 2.45) is 0 Å². The number of aryl methyl sites for hydroxylation is 2. The van der Waals surface area contributed by atoms with Gasteiger partial charge in [-0.3, -0.25) is 4.68 Å². The van der Waals surface area contributed by atoms with Crippen molar-refractivity contribution in [1.29, 1.82) is 0 Å². The van der Waals surface area contributed by atoms with Crippen molar-refractivity contribution in [3.8, 4) is 21.3 Å². The van der Waals surface area contributed by atoms with E-state index in [0.29, 0.717) is 0 Å². The molecule has 4 aromatic rings. The van der Waals surface area contributed by atoms with Gasteiger partial charge in [0.05, 0.1) is 16.1 Å². The van der Waals surface area contributed by atoms with Crippen LogP contribution in [0.5, 0.6) is 0 Å². The lowest BCUT2D eigenvalue weighted by atomic mass is 10.2. The summed E-state index contributed by atoms with van der Waals surface area (Å²) in [5, 5.41) is 20.8.